The summed E-state index contributed by atoms with van der Waals surface area (Å²) in [5.41, 5.74) is 0.0901. The van der Waals surface area contributed by atoms with Crippen molar-refractivity contribution >= 4 is 11.7 Å². The fourth-order valence-corrected chi connectivity index (χ4v) is 1.88. The highest BCUT2D eigenvalue weighted by molar-refractivity contribution is 5.80. The molecule has 0 aliphatic heterocycles. The lowest BCUT2D eigenvalue weighted by Crippen LogP contribution is -2.39. The zero-order valence-electron chi connectivity index (χ0n) is 14.7. The van der Waals surface area contributed by atoms with Crippen LogP contribution >= 0.6 is 0 Å². The molecule has 0 unspecified atom stereocenters. The third-order valence-electron chi connectivity index (χ3n) is 2.37. The molecular weight excluding hydrogens is 248 g/mol. The van der Waals surface area contributed by atoms with Gasteiger partial charge in [0.1, 0.15) is 0 Å². The normalized spacial score (nSPS) is 14.4. The molecule has 0 fully saturated rings. The van der Waals surface area contributed by atoms with Gasteiger partial charge >= 0.3 is 0 Å². The Hall–Kier alpha value is -1.06. The molecule has 0 atom stereocenters. The summed E-state index contributed by atoms with van der Waals surface area (Å²) in [6.07, 6.45) is 2.21. The molecule has 0 bridgehead atoms. The lowest BCUT2D eigenvalue weighted by molar-refractivity contribution is 0.509. The summed E-state index contributed by atoms with van der Waals surface area (Å²) >= 11 is 0. The standard InChI is InChI=1S/C16H34N4/c1-13(19-15(3,4)5)17-11-9-10-12-18-14(2)20-16(6,7)8/h9-12H2,1-8H3,(H,17,19)(H,18,20). The minimum absolute atomic E-state index is 0.00286. The molecule has 0 aliphatic rings. The third kappa shape index (κ3) is 13.4. The number of hydrogen-bond donors (Lipinski definition) is 2. The smallest absolute Gasteiger partial charge is 0.0938 e. The second-order valence-electron chi connectivity index (χ2n) is 7.34. The summed E-state index contributed by atoms with van der Waals surface area (Å²) < 4.78 is 0. The van der Waals surface area contributed by atoms with Gasteiger partial charge in [-0.2, -0.15) is 0 Å². The van der Waals surface area contributed by atoms with E-state index in [-0.39, 0.29) is 11.1 Å². The molecule has 20 heavy (non-hydrogen) atoms. The first kappa shape index (κ1) is 18.9. The van der Waals surface area contributed by atoms with E-state index in [1.54, 1.807) is 0 Å². The third-order valence-corrected chi connectivity index (χ3v) is 2.37. The first-order valence-electron chi connectivity index (χ1n) is 7.59. The van der Waals surface area contributed by atoms with Crippen molar-refractivity contribution in [3.05, 3.63) is 0 Å². The molecule has 118 valence electrons. The van der Waals surface area contributed by atoms with Crippen LogP contribution < -0.4 is 10.6 Å². The molecule has 4 heteroatoms. The maximum absolute atomic E-state index is 4.56. The van der Waals surface area contributed by atoms with Crippen LogP contribution in [-0.2, 0) is 0 Å². The first-order chi connectivity index (χ1) is 8.99. The average Bonchev–Trinajstić information content (AvgIpc) is 2.17. The number of nitrogens with zero attached hydrogens (tertiary/aromatic N) is 2. The molecule has 0 aromatic heterocycles. The summed E-state index contributed by atoms with van der Waals surface area (Å²) in [5.74, 6) is 2.04. The predicted molar refractivity (Wildman–Crippen MR) is 91.0 cm³/mol. The molecule has 0 amide bonds. The highest BCUT2D eigenvalue weighted by Gasteiger charge is 2.08. The van der Waals surface area contributed by atoms with Crippen LogP contribution in [0.25, 0.3) is 0 Å². The van der Waals surface area contributed by atoms with Gasteiger partial charge in [-0.1, -0.05) is 0 Å². The van der Waals surface area contributed by atoms with Gasteiger partial charge in [-0.3, -0.25) is 9.98 Å². The van der Waals surface area contributed by atoms with Gasteiger partial charge in [-0.25, -0.2) is 0 Å². The molecule has 0 saturated carbocycles. The highest BCUT2D eigenvalue weighted by Crippen LogP contribution is 2.05. The van der Waals surface area contributed by atoms with Gasteiger partial charge in [0, 0.05) is 18.6 Å². The Bertz CT molecular complexity index is 329. The summed E-state index contributed by atoms with van der Waals surface area (Å²) in [7, 11) is 0. The van der Waals surface area contributed by atoms with Crippen molar-refractivity contribution in [2.24, 2.45) is 9.98 Å². The fraction of sp³-hybridized carbons (Fsp3) is 0.875. The summed E-state index contributed by atoms with van der Waals surface area (Å²) in [4.78, 5) is 9.10. The molecule has 0 spiro atoms. The Kier molecular flexibility index (Phi) is 7.84. The van der Waals surface area contributed by atoms with E-state index in [9.17, 15) is 0 Å². The molecule has 4 nitrogen and oxygen atoms in total. The van der Waals surface area contributed by atoms with Gasteiger partial charge in [0.15, 0.2) is 0 Å². The van der Waals surface area contributed by atoms with Crippen molar-refractivity contribution in [1.29, 1.82) is 0 Å². The van der Waals surface area contributed by atoms with Crippen LogP contribution in [0.4, 0.5) is 0 Å². The van der Waals surface area contributed by atoms with Gasteiger partial charge in [0.2, 0.25) is 0 Å². The minimum Gasteiger partial charge on any atom is -0.374 e. The van der Waals surface area contributed by atoms with E-state index < -0.39 is 0 Å². The maximum atomic E-state index is 4.56. The van der Waals surface area contributed by atoms with E-state index in [0.717, 1.165) is 37.6 Å². The first-order valence-corrected chi connectivity index (χ1v) is 7.59. The molecule has 0 radical (unpaired) electrons. The van der Waals surface area contributed by atoms with E-state index >= 15 is 0 Å². The van der Waals surface area contributed by atoms with Crippen molar-refractivity contribution in [2.45, 2.75) is 79.3 Å². The van der Waals surface area contributed by atoms with Crippen LogP contribution in [0.15, 0.2) is 9.98 Å². The van der Waals surface area contributed by atoms with Crippen molar-refractivity contribution in [3.63, 3.8) is 0 Å². The Morgan fingerprint density at radius 3 is 2.00 bits per heavy atom. The van der Waals surface area contributed by atoms with Crippen LogP contribution in [0, 0.1) is 0 Å². The van der Waals surface area contributed by atoms with E-state index in [4.69, 9.17) is 0 Å². The minimum atomic E-state index is -0.00286. The number of amidine groups is 2. The van der Waals surface area contributed by atoms with Gasteiger partial charge in [-0.15, -0.1) is 0 Å². The zero-order chi connectivity index (χ0) is 15.8. The van der Waals surface area contributed by atoms with Gasteiger partial charge in [0.05, 0.1) is 17.2 Å². The van der Waals surface area contributed by atoms with Gasteiger partial charge in [0.25, 0.3) is 0 Å². The van der Waals surface area contributed by atoms with Crippen LogP contribution in [0.5, 0.6) is 0 Å². The van der Waals surface area contributed by atoms with E-state index in [1.807, 2.05) is 13.8 Å². The fourth-order valence-electron chi connectivity index (χ4n) is 1.88. The SMILES string of the molecule is CC(=NC(C)(C)C)NCCCCN=C(C)NC(C)(C)C. The van der Waals surface area contributed by atoms with Crippen LogP contribution in [0.1, 0.15) is 68.2 Å². The maximum Gasteiger partial charge on any atom is 0.0938 e. The van der Waals surface area contributed by atoms with Gasteiger partial charge < -0.3 is 10.6 Å². The monoisotopic (exact) mass is 282 g/mol. The lowest BCUT2D eigenvalue weighted by atomic mass is 10.1. The van der Waals surface area contributed by atoms with Gasteiger partial charge in [-0.05, 0) is 68.2 Å². The summed E-state index contributed by atoms with van der Waals surface area (Å²) in [5, 5.41) is 6.72. The molecule has 0 aromatic carbocycles. The predicted octanol–water partition coefficient (Wildman–Crippen LogP) is 3.38. The second-order valence-corrected chi connectivity index (χ2v) is 7.34. The van der Waals surface area contributed by atoms with Crippen molar-refractivity contribution in [3.8, 4) is 0 Å². The zero-order valence-corrected chi connectivity index (χ0v) is 14.7. The molecular formula is C16H34N4. The number of hydrogen-bond acceptors (Lipinski definition) is 2. The number of aliphatic imine (C=N–C) groups is 2. The molecule has 0 aliphatic carbocycles. The van der Waals surface area contributed by atoms with Crippen LogP contribution in [0.2, 0.25) is 0 Å². The summed E-state index contributed by atoms with van der Waals surface area (Å²) in [6.45, 7) is 18.7. The summed E-state index contributed by atoms with van der Waals surface area (Å²) in [6, 6.07) is 0. The van der Waals surface area contributed by atoms with Crippen molar-refractivity contribution in [2.75, 3.05) is 13.1 Å². The average molecular weight is 282 g/mol. The Morgan fingerprint density at radius 2 is 1.50 bits per heavy atom. The van der Waals surface area contributed by atoms with E-state index in [2.05, 4.69) is 62.2 Å². The quantitative estimate of drug-likeness (QED) is 0.461. The Labute approximate surface area is 125 Å². The van der Waals surface area contributed by atoms with Crippen LogP contribution in [-0.4, -0.2) is 35.8 Å². The van der Waals surface area contributed by atoms with Crippen molar-refractivity contribution in [1.82, 2.24) is 10.6 Å². The van der Waals surface area contributed by atoms with E-state index in [1.165, 1.54) is 0 Å². The lowest BCUT2D eigenvalue weighted by Gasteiger charge is -2.21. The Balaban J connectivity index is 3.78. The molecule has 0 heterocycles. The number of nitrogens with one attached hydrogen (secondary N) is 2. The molecule has 0 rings (SSSR count). The largest absolute Gasteiger partial charge is 0.374 e. The Morgan fingerprint density at radius 1 is 0.900 bits per heavy atom. The second kappa shape index (κ2) is 8.28. The van der Waals surface area contributed by atoms with Crippen LogP contribution in [0.3, 0.4) is 0 Å². The highest BCUT2D eigenvalue weighted by atomic mass is 15.0. The topological polar surface area (TPSA) is 48.8 Å². The molecule has 2 N–H and O–H groups in total. The van der Waals surface area contributed by atoms with Crippen molar-refractivity contribution < 1.29 is 0 Å². The number of rotatable bonds is 5. The number of unbranched alkanes of at least 4 members (excludes halogenated alkanes) is 1. The molecule has 0 aromatic rings. The van der Waals surface area contributed by atoms with E-state index in [0.29, 0.717) is 0 Å². The molecule has 0 saturated heterocycles.